The van der Waals surface area contributed by atoms with Crippen LogP contribution in [0.1, 0.15) is 21.8 Å². The molecular formula is C22H20N4O3S2. The number of anilines is 2. The van der Waals surface area contributed by atoms with Crippen molar-refractivity contribution in [3.8, 4) is 5.69 Å². The minimum absolute atomic E-state index is 0.178. The van der Waals surface area contributed by atoms with E-state index in [1.165, 1.54) is 15.6 Å². The van der Waals surface area contributed by atoms with Gasteiger partial charge in [-0.3, -0.25) is 9.10 Å². The molecule has 0 bridgehead atoms. The summed E-state index contributed by atoms with van der Waals surface area (Å²) in [5.74, 6) is -0.0289. The number of amides is 1. The Kier molecular flexibility index (Phi) is 4.79. The second-order valence-electron chi connectivity index (χ2n) is 7.40. The highest BCUT2D eigenvalue weighted by Gasteiger charge is 2.28. The standard InChI is InChI=1S/C22H20N4O3S2/c1-15-19-14-20(30-22(19)26(24-15)18-6-3-2-4-7-18)21(27)23-16-8-10-17(11-9-16)25-12-5-13-31(25,28)29/h2-4,6-11,14H,5,12-13H2,1H3,(H,23,27). The van der Waals surface area contributed by atoms with Gasteiger partial charge in [0.15, 0.2) is 0 Å². The van der Waals surface area contributed by atoms with Crippen molar-refractivity contribution in [1.29, 1.82) is 0 Å². The maximum atomic E-state index is 12.8. The lowest BCUT2D eigenvalue weighted by Crippen LogP contribution is -2.24. The predicted molar refractivity (Wildman–Crippen MR) is 124 cm³/mol. The molecule has 1 N–H and O–H groups in total. The summed E-state index contributed by atoms with van der Waals surface area (Å²) in [6, 6.07) is 18.6. The lowest BCUT2D eigenvalue weighted by molar-refractivity contribution is 0.103. The van der Waals surface area contributed by atoms with Gasteiger partial charge < -0.3 is 5.32 Å². The number of fused-ring (bicyclic) bond motifs is 1. The van der Waals surface area contributed by atoms with Crippen molar-refractivity contribution in [3.05, 3.63) is 71.2 Å². The second kappa shape index (κ2) is 7.51. The maximum absolute atomic E-state index is 12.8. The number of benzene rings is 2. The van der Waals surface area contributed by atoms with Crippen LogP contribution in [0.25, 0.3) is 15.9 Å². The number of carbonyl (C=O) groups excluding carboxylic acids is 1. The molecule has 0 spiro atoms. The Morgan fingerprint density at radius 3 is 2.48 bits per heavy atom. The Morgan fingerprint density at radius 1 is 1.06 bits per heavy atom. The number of aryl methyl sites for hydroxylation is 1. The van der Waals surface area contributed by atoms with Crippen molar-refractivity contribution < 1.29 is 13.2 Å². The van der Waals surface area contributed by atoms with Crippen LogP contribution in [-0.4, -0.2) is 36.4 Å². The van der Waals surface area contributed by atoms with E-state index in [1.807, 2.05) is 48.0 Å². The summed E-state index contributed by atoms with van der Waals surface area (Å²) in [6.07, 6.45) is 0.632. The molecule has 1 aliphatic heterocycles. The van der Waals surface area contributed by atoms with Gasteiger partial charge in [-0.1, -0.05) is 18.2 Å². The molecule has 158 valence electrons. The molecule has 1 fully saturated rings. The number of rotatable bonds is 4. The van der Waals surface area contributed by atoms with Gasteiger partial charge in [-0.15, -0.1) is 11.3 Å². The van der Waals surface area contributed by atoms with E-state index in [2.05, 4.69) is 10.4 Å². The van der Waals surface area contributed by atoms with E-state index in [9.17, 15) is 13.2 Å². The van der Waals surface area contributed by atoms with Crippen molar-refractivity contribution in [2.45, 2.75) is 13.3 Å². The summed E-state index contributed by atoms with van der Waals surface area (Å²) in [6.45, 7) is 2.43. The highest BCUT2D eigenvalue weighted by Crippen LogP contribution is 2.31. The SMILES string of the molecule is Cc1nn(-c2ccccc2)c2sc(C(=O)Nc3ccc(N4CCCS4(=O)=O)cc3)cc12. The van der Waals surface area contributed by atoms with Gasteiger partial charge in [-0.25, -0.2) is 13.1 Å². The molecule has 4 aromatic rings. The molecule has 9 heteroatoms. The Hall–Kier alpha value is -3.17. The number of hydrogen-bond acceptors (Lipinski definition) is 5. The molecule has 2 aromatic carbocycles. The number of carbonyl (C=O) groups is 1. The summed E-state index contributed by atoms with van der Waals surface area (Å²) in [5.41, 5.74) is 3.05. The molecule has 7 nitrogen and oxygen atoms in total. The number of para-hydroxylation sites is 1. The zero-order valence-electron chi connectivity index (χ0n) is 16.8. The van der Waals surface area contributed by atoms with E-state index < -0.39 is 10.0 Å². The third-order valence-corrected chi connectivity index (χ3v) is 8.26. The van der Waals surface area contributed by atoms with Crippen LogP contribution in [0.15, 0.2) is 60.7 Å². The van der Waals surface area contributed by atoms with Gasteiger partial charge in [0, 0.05) is 17.6 Å². The van der Waals surface area contributed by atoms with E-state index in [1.54, 1.807) is 24.3 Å². The number of hydrogen-bond donors (Lipinski definition) is 1. The largest absolute Gasteiger partial charge is 0.321 e. The fraction of sp³-hybridized carbons (Fsp3) is 0.182. The molecule has 0 radical (unpaired) electrons. The summed E-state index contributed by atoms with van der Waals surface area (Å²) in [4.78, 5) is 14.4. The Morgan fingerprint density at radius 2 is 1.81 bits per heavy atom. The molecule has 3 heterocycles. The molecule has 1 aliphatic rings. The third-order valence-electron chi connectivity index (χ3n) is 5.28. The molecule has 31 heavy (non-hydrogen) atoms. The predicted octanol–water partition coefficient (Wildman–Crippen LogP) is 4.19. The molecule has 5 rings (SSSR count). The van der Waals surface area contributed by atoms with Crippen molar-refractivity contribution >= 4 is 48.9 Å². The Bertz CT molecular complexity index is 1370. The van der Waals surface area contributed by atoms with Gasteiger partial charge in [0.1, 0.15) is 4.83 Å². The summed E-state index contributed by atoms with van der Waals surface area (Å²) >= 11 is 1.39. The number of thiophene rings is 1. The first kappa shape index (κ1) is 19.8. The summed E-state index contributed by atoms with van der Waals surface area (Å²) in [5, 5.41) is 8.46. The number of nitrogens with zero attached hydrogens (tertiary/aromatic N) is 3. The fourth-order valence-electron chi connectivity index (χ4n) is 3.74. The normalized spacial score (nSPS) is 15.5. The average molecular weight is 453 g/mol. The highest BCUT2D eigenvalue weighted by molar-refractivity contribution is 7.93. The van der Waals surface area contributed by atoms with Crippen LogP contribution in [0.3, 0.4) is 0 Å². The third kappa shape index (κ3) is 3.60. The molecule has 0 atom stereocenters. The second-order valence-corrected chi connectivity index (χ2v) is 10.4. The Labute approximate surface area is 184 Å². The van der Waals surface area contributed by atoms with Crippen LogP contribution >= 0.6 is 11.3 Å². The van der Waals surface area contributed by atoms with E-state index in [4.69, 9.17) is 0 Å². The zero-order valence-corrected chi connectivity index (χ0v) is 18.4. The molecular weight excluding hydrogens is 432 g/mol. The number of sulfonamides is 1. The van der Waals surface area contributed by atoms with Crippen molar-refractivity contribution in [3.63, 3.8) is 0 Å². The lowest BCUT2D eigenvalue weighted by atomic mass is 10.2. The maximum Gasteiger partial charge on any atom is 0.265 e. The first-order chi connectivity index (χ1) is 14.9. The summed E-state index contributed by atoms with van der Waals surface area (Å²) in [7, 11) is -3.22. The number of nitrogens with one attached hydrogen (secondary N) is 1. The van der Waals surface area contributed by atoms with Crippen molar-refractivity contribution in [2.24, 2.45) is 0 Å². The lowest BCUT2D eigenvalue weighted by Gasteiger charge is -2.17. The van der Waals surface area contributed by atoms with Gasteiger partial charge in [-0.2, -0.15) is 5.10 Å². The minimum Gasteiger partial charge on any atom is -0.321 e. The zero-order chi connectivity index (χ0) is 21.6. The quantitative estimate of drug-likeness (QED) is 0.503. The topological polar surface area (TPSA) is 84.3 Å². The van der Waals surface area contributed by atoms with Crippen molar-refractivity contribution in [2.75, 3.05) is 21.9 Å². The Balaban J connectivity index is 1.38. The van der Waals surface area contributed by atoms with Crippen LogP contribution < -0.4 is 9.62 Å². The van der Waals surface area contributed by atoms with E-state index >= 15 is 0 Å². The van der Waals surface area contributed by atoms with E-state index in [0.29, 0.717) is 29.2 Å². The molecule has 1 amide bonds. The van der Waals surface area contributed by atoms with Crippen LogP contribution in [0.5, 0.6) is 0 Å². The molecule has 0 aliphatic carbocycles. The average Bonchev–Trinajstić information content (AvgIpc) is 3.44. The molecule has 0 unspecified atom stereocenters. The van der Waals surface area contributed by atoms with Crippen LogP contribution in [0.4, 0.5) is 11.4 Å². The summed E-state index contributed by atoms with van der Waals surface area (Å²) < 4.78 is 27.4. The van der Waals surface area contributed by atoms with Gasteiger partial charge in [0.25, 0.3) is 5.91 Å². The van der Waals surface area contributed by atoms with Crippen LogP contribution in [-0.2, 0) is 10.0 Å². The van der Waals surface area contributed by atoms with Gasteiger partial charge >= 0.3 is 0 Å². The van der Waals surface area contributed by atoms with Gasteiger partial charge in [0.05, 0.1) is 27.7 Å². The molecule has 2 aromatic heterocycles. The first-order valence-corrected chi connectivity index (χ1v) is 12.3. The first-order valence-electron chi connectivity index (χ1n) is 9.89. The molecule has 0 saturated carbocycles. The fourth-order valence-corrected chi connectivity index (χ4v) is 6.38. The monoisotopic (exact) mass is 452 g/mol. The van der Waals surface area contributed by atoms with Crippen LogP contribution in [0, 0.1) is 6.92 Å². The van der Waals surface area contributed by atoms with Crippen molar-refractivity contribution in [1.82, 2.24) is 9.78 Å². The highest BCUT2D eigenvalue weighted by atomic mass is 32.2. The van der Waals surface area contributed by atoms with Gasteiger partial charge in [0.2, 0.25) is 10.0 Å². The van der Waals surface area contributed by atoms with E-state index in [-0.39, 0.29) is 11.7 Å². The smallest absolute Gasteiger partial charge is 0.265 e. The molecule has 1 saturated heterocycles. The number of aromatic nitrogens is 2. The minimum atomic E-state index is -3.22. The van der Waals surface area contributed by atoms with E-state index in [0.717, 1.165) is 21.6 Å². The van der Waals surface area contributed by atoms with Gasteiger partial charge in [-0.05, 0) is 55.8 Å². The van der Waals surface area contributed by atoms with Crippen LogP contribution in [0.2, 0.25) is 0 Å².